The number of aryl methyl sites for hydroxylation is 1. The predicted octanol–water partition coefficient (Wildman–Crippen LogP) is 1.77. The van der Waals surface area contributed by atoms with E-state index in [9.17, 15) is 9.59 Å². The topological polar surface area (TPSA) is 92.4 Å². The van der Waals surface area contributed by atoms with Crippen molar-refractivity contribution in [1.29, 1.82) is 0 Å². The van der Waals surface area contributed by atoms with Crippen LogP contribution in [0, 0.1) is 0 Å². The molecule has 0 aliphatic rings. The SMILES string of the molecule is CCC(C)(N)C(=O)Nc1ccccc1CCC(=O)O. The number of carboxylic acids is 1. The van der Waals surface area contributed by atoms with E-state index < -0.39 is 11.5 Å². The van der Waals surface area contributed by atoms with Gasteiger partial charge in [0.05, 0.1) is 5.54 Å². The molecule has 0 saturated carbocycles. The van der Waals surface area contributed by atoms with Gasteiger partial charge in [-0.2, -0.15) is 0 Å². The molecule has 1 aromatic rings. The van der Waals surface area contributed by atoms with Crippen LogP contribution in [0.4, 0.5) is 5.69 Å². The second-order valence-electron chi connectivity index (χ2n) is 4.78. The summed E-state index contributed by atoms with van der Waals surface area (Å²) in [5, 5.41) is 11.5. The molecule has 0 aliphatic heterocycles. The quantitative estimate of drug-likeness (QED) is 0.730. The third-order valence-electron chi connectivity index (χ3n) is 3.13. The van der Waals surface area contributed by atoms with Gasteiger partial charge in [-0.15, -0.1) is 0 Å². The lowest BCUT2D eigenvalue weighted by Gasteiger charge is -2.22. The van der Waals surface area contributed by atoms with Crippen LogP contribution in [-0.2, 0) is 16.0 Å². The van der Waals surface area contributed by atoms with E-state index in [1.807, 2.05) is 13.0 Å². The Morgan fingerprint density at radius 1 is 1.37 bits per heavy atom. The first-order valence-corrected chi connectivity index (χ1v) is 6.27. The van der Waals surface area contributed by atoms with Gasteiger partial charge in [-0.25, -0.2) is 0 Å². The lowest BCUT2D eigenvalue weighted by atomic mass is 9.98. The summed E-state index contributed by atoms with van der Waals surface area (Å²) in [5.74, 6) is -1.13. The molecule has 0 fully saturated rings. The van der Waals surface area contributed by atoms with Gasteiger partial charge in [-0.3, -0.25) is 9.59 Å². The number of aliphatic carboxylic acids is 1. The number of benzene rings is 1. The van der Waals surface area contributed by atoms with E-state index in [1.54, 1.807) is 25.1 Å². The van der Waals surface area contributed by atoms with Crippen LogP contribution >= 0.6 is 0 Å². The zero-order chi connectivity index (χ0) is 14.5. The monoisotopic (exact) mass is 264 g/mol. The molecule has 1 amide bonds. The molecule has 0 aromatic heterocycles. The van der Waals surface area contributed by atoms with E-state index in [4.69, 9.17) is 10.8 Å². The van der Waals surface area contributed by atoms with Gasteiger partial charge in [0.1, 0.15) is 0 Å². The van der Waals surface area contributed by atoms with Gasteiger partial charge in [-0.05, 0) is 31.4 Å². The number of carbonyl (C=O) groups excluding carboxylic acids is 1. The lowest BCUT2D eigenvalue weighted by molar-refractivity contribution is -0.137. The van der Waals surface area contributed by atoms with Crippen LogP contribution in [0.25, 0.3) is 0 Å². The normalized spacial score (nSPS) is 13.6. The third-order valence-corrected chi connectivity index (χ3v) is 3.13. The number of rotatable bonds is 6. The van der Waals surface area contributed by atoms with Crippen LogP contribution in [0.3, 0.4) is 0 Å². The highest BCUT2D eigenvalue weighted by Crippen LogP contribution is 2.19. The molecule has 4 N–H and O–H groups in total. The summed E-state index contributed by atoms with van der Waals surface area (Å²) in [5.41, 5.74) is 6.36. The Kier molecular flexibility index (Phi) is 5.06. The fourth-order valence-corrected chi connectivity index (χ4v) is 1.53. The number of nitrogens with one attached hydrogen (secondary N) is 1. The van der Waals surface area contributed by atoms with Gasteiger partial charge < -0.3 is 16.2 Å². The predicted molar refractivity (Wildman–Crippen MR) is 73.9 cm³/mol. The number of nitrogens with two attached hydrogens (primary N) is 1. The summed E-state index contributed by atoms with van der Waals surface area (Å²) < 4.78 is 0. The standard InChI is InChI=1S/C14H20N2O3/c1-3-14(2,15)13(19)16-11-7-5-4-6-10(11)8-9-12(17)18/h4-7H,3,8-9,15H2,1-2H3,(H,16,19)(H,17,18). The molecule has 0 spiro atoms. The second kappa shape index (κ2) is 6.33. The molecule has 0 aliphatic carbocycles. The number of carboxylic acid groups (broad SMARTS) is 1. The number of para-hydroxylation sites is 1. The summed E-state index contributed by atoms with van der Waals surface area (Å²) in [4.78, 5) is 22.6. The minimum Gasteiger partial charge on any atom is -0.481 e. The van der Waals surface area contributed by atoms with E-state index in [2.05, 4.69) is 5.32 Å². The summed E-state index contributed by atoms with van der Waals surface area (Å²) >= 11 is 0. The van der Waals surface area contributed by atoms with Crippen molar-refractivity contribution in [3.8, 4) is 0 Å². The van der Waals surface area contributed by atoms with Gasteiger partial charge in [0, 0.05) is 12.1 Å². The van der Waals surface area contributed by atoms with Crippen molar-refractivity contribution in [1.82, 2.24) is 0 Å². The van der Waals surface area contributed by atoms with Crippen molar-refractivity contribution < 1.29 is 14.7 Å². The molecule has 1 rings (SSSR count). The Morgan fingerprint density at radius 2 is 2.00 bits per heavy atom. The zero-order valence-corrected chi connectivity index (χ0v) is 11.3. The van der Waals surface area contributed by atoms with E-state index in [0.717, 1.165) is 5.56 Å². The van der Waals surface area contributed by atoms with Crippen molar-refractivity contribution >= 4 is 17.6 Å². The molecule has 5 nitrogen and oxygen atoms in total. The highest BCUT2D eigenvalue weighted by molar-refractivity contribution is 5.98. The average Bonchev–Trinajstić information content (AvgIpc) is 2.37. The Balaban J connectivity index is 2.83. The van der Waals surface area contributed by atoms with Crippen LogP contribution < -0.4 is 11.1 Å². The van der Waals surface area contributed by atoms with Crippen molar-refractivity contribution in [2.75, 3.05) is 5.32 Å². The molecule has 104 valence electrons. The summed E-state index contributed by atoms with van der Waals surface area (Å²) in [6, 6.07) is 7.16. The third kappa shape index (κ3) is 4.37. The summed E-state index contributed by atoms with van der Waals surface area (Å²) in [6.45, 7) is 3.51. The maximum Gasteiger partial charge on any atom is 0.303 e. The van der Waals surface area contributed by atoms with Crippen molar-refractivity contribution in [3.05, 3.63) is 29.8 Å². The van der Waals surface area contributed by atoms with Crippen molar-refractivity contribution in [2.45, 2.75) is 38.6 Å². The summed E-state index contributed by atoms with van der Waals surface area (Å²) in [7, 11) is 0. The van der Waals surface area contributed by atoms with Crippen LogP contribution in [0.1, 0.15) is 32.3 Å². The molecule has 0 heterocycles. The Labute approximate surface area is 112 Å². The maximum atomic E-state index is 12.0. The van der Waals surface area contributed by atoms with Crippen molar-refractivity contribution in [2.24, 2.45) is 5.73 Å². The first-order valence-electron chi connectivity index (χ1n) is 6.27. The fraction of sp³-hybridized carbons (Fsp3) is 0.429. The minimum absolute atomic E-state index is 0.0283. The molecule has 1 atom stereocenters. The number of hydrogen-bond acceptors (Lipinski definition) is 3. The molecule has 5 heteroatoms. The molecule has 0 radical (unpaired) electrons. The highest BCUT2D eigenvalue weighted by atomic mass is 16.4. The highest BCUT2D eigenvalue weighted by Gasteiger charge is 2.26. The number of amides is 1. The number of hydrogen-bond donors (Lipinski definition) is 3. The first-order chi connectivity index (χ1) is 8.86. The maximum absolute atomic E-state index is 12.0. The zero-order valence-electron chi connectivity index (χ0n) is 11.3. The van der Waals surface area contributed by atoms with Gasteiger partial charge in [-0.1, -0.05) is 25.1 Å². The van der Waals surface area contributed by atoms with E-state index >= 15 is 0 Å². The largest absolute Gasteiger partial charge is 0.481 e. The Hall–Kier alpha value is -1.88. The smallest absolute Gasteiger partial charge is 0.303 e. The molecule has 1 unspecified atom stereocenters. The lowest BCUT2D eigenvalue weighted by Crippen LogP contribution is -2.47. The van der Waals surface area contributed by atoms with Crippen LogP contribution in [0.5, 0.6) is 0 Å². The molecule has 1 aromatic carbocycles. The molecule has 0 bridgehead atoms. The average molecular weight is 264 g/mol. The fourth-order valence-electron chi connectivity index (χ4n) is 1.53. The van der Waals surface area contributed by atoms with Gasteiger partial charge >= 0.3 is 5.97 Å². The van der Waals surface area contributed by atoms with Gasteiger partial charge in [0.15, 0.2) is 0 Å². The molecular weight excluding hydrogens is 244 g/mol. The number of anilines is 1. The molecule has 19 heavy (non-hydrogen) atoms. The Bertz CT molecular complexity index is 470. The summed E-state index contributed by atoms with van der Waals surface area (Å²) in [6.07, 6.45) is 0.926. The van der Waals surface area contributed by atoms with Crippen LogP contribution in [0.15, 0.2) is 24.3 Å². The van der Waals surface area contributed by atoms with Gasteiger partial charge in [0.25, 0.3) is 0 Å². The van der Waals surface area contributed by atoms with Crippen LogP contribution in [0.2, 0.25) is 0 Å². The number of carbonyl (C=O) groups is 2. The first kappa shape index (κ1) is 15.2. The minimum atomic E-state index is -0.931. The second-order valence-corrected chi connectivity index (χ2v) is 4.78. The van der Waals surface area contributed by atoms with Crippen LogP contribution in [-0.4, -0.2) is 22.5 Å². The van der Waals surface area contributed by atoms with Gasteiger partial charge in [0.2, 0.25) is 5.91 Å². The Morgan fingerprint density at radius 3 is 2.58 bits per heavy atom. The van der Waals surface area contributed by atoms with E-state index in [-0.39, 0.29) is 12.3 Å². The molecule has 0 saturated heterocycles. The van der Waals surface area contributed by atoms with E-state index in [1.165, 1.54) is 0 Å². The molecular formula is C14H20N2O3. The van der Waals surface area contributed by atoms with Crippen molar-refractivity contribution in [3.63, 3.8) is 0 Å². The van der Waals surface area contributed by atoms with E-state index in [0.29, 0.717) is 18.5 Å².